The molecule has 2 heterocycles. The number of aliphatic hydroxyl groups excluding tert-OH is 1. The summed E-state index contributed by atoms with van der Waals surface area (Å²) in [6.07, 6.45) is 3.33. The summed E-state index contributed by atoms with van der Waals surface area (Å²) in [6.45, 7) is 5.44. The van der Waals surface area contributed by atoms with Crippen LogP contribution in [0.5, 0.6) is 11.5 Å². The van der Waals surface area contributed by atoms with Crippen molar-refractivity contribution in [1.82, 2.24) is 4.90 Å². The molecule has 2 aliphatic heterocycles. The molecule has 2 bridgehead atoms. The van der Waals surface area contributed by atoms with Crippen LogP contribution < -0.4 is 4.74 Å². The molecule has 3 N–H and O–H groups in total. The Morgan fingerprint density at radius 2 is 2.21 bits per heavy atom. The van der Waals surface area contributed by atoms with Crippen LogP contribution >= 0.6 is 0 Å². The Morgan fingerprint density at radius 3 is 3.00 bits per heavy atom. The van der Waals surface area contributed by atoms with Gasteiger partial charge in [0.15, 0.2) is 11.5 Å². The van der Waals surface area contributed by atoms with E-state index in [1.165, 1.54) is 0 Å². The number of hydrogen-bond acceptors (Lipinski definition) is 5. The van der Waals surface area contributed by atoms with Crippen molar-refractivity contribution in [3.05, 3.63) is 35.9 Å². The minimum absolute atomic E-state index is 0.00848. The molecule has 1 aromatic carbocycles. The zero-order valence-electron chi connectivity index (χ0n) is 13.6. The van der Waals surface area contributed by atoms with Crippen molar-refractivity contribution in [2.45, 2.75) is 54.9 Å². The molecule has 2 aliphatic carbocycles. The summed E-state index contributed by atoms with van der Waals surface area (Å²) in [4.78, 5) is 2.31. The molecule has 0 amide bonds. The molecule has 5 atom stereocenters. The first-order chi connectivity index (χ1) is 11.5. The third-order valence-corrected chi connectivity index (χ3v) is 6.91. The number of benzene rings is 1. The number of hydrogen-bond donors (Lipinski definition) is 3. The van der Waals surface area contributed by atoms with E-state index in [0.29, 0.717) is 18.6 Å². The van der Waals surface area contributed by atoms with Crippen molar-refractivity contribution in [1.29, 1.82) is 0 Å². The standard InChI is InChI=1S/C19H23NO4/c1-2-8-20-9-7-18-15-11-3-4-12(21)16(15)24-17(18)13(22)5-6-19(18,23)14(20)10-11/h2-4,13-14,17,21-23H,1,5-10H2/t13-,14-,17?,18+,19-/m1/s1. The van der Waals surface area contributed by atoms with Crippen LogP contribution in [0.2, 0.25) is 0 Å². The maximum Gasteiger partial charge on any atom is 0.165 e. The summed E-state index contributed by atoms with van der Waals surface area (Å²) >= 11 is 0. The summed E-state index contributed by atoms with van der Waals surface area (Å²) in [7, 11) is 0. The molecule has 24 heavy (non-hydrogen) atoms. The second kappa shape index (κ2) is 4.54. The van der Waals surface area contributed by atoms with Crippen LogP contribution in [0.25, 0.3) is 0 Å². The molecule has 128 valence electrons. The summed E-state index contributed by atoms with van der Waals surface area (Å²) < 4.78 is 6.08. The number of piperidine rings is 1. The van der Waals surface area contributed by atoms with Crippen LogP contribution in [-0.4, -0.2) is 57.2 Å². The van der Waals surface area contributed by atoms with Crippen LogP contribution in [-0.2, 0) is 11.8 Å². The lowest BCUT2D eigenvalue weighted by Gasteiger charge is -2.63. The molecule has 1 aromatic rings. The number of rotatable bonds is 2. The molecule has 5 nitrogen and oxygen atoms in total. The summed E-state index contributed by atoms with van der Waals surface area (Å²) in [6, 6.07) is 3.62. The van der Waals surface area contributed by atoms with Gasteiger partial charge in [0.2, 0.25) is 0 Å². The zero-order valence-corrected chi connectivity index (χ0v) is 13.6. The lowest BCUT2D eigenvalue weighted by molar-refractivity contribution is -0.206. The number of aromatic hydroxyl groups is 1. The Labute approximate surface area is 141 Å². The minimum atomic E-state index is -0.940. The van der Waals surface area contributed by atoms with E-state index in [0.717, 1.165) is 37.1 Å². The average molecular weight is 329 g/mol. The smallest absolute Gasteiger partial charge is 0.165 e. The third-order valence-electron chi connectivity index (χ3n) is 6.91. The van der Waals surface area contributed by atoms with Gasteiger partial charge in [0.05, 0.1) is 17.1 Å². The highest BCUT2D eigenvalue weighted by atomic mass is 16.5. The van der Waals surface area contributed by atoms with Gasteiger partial charge < -0.3 is 20.1 Å². The van der Waals surface area contributed by atoms with Crippen LogP contribution in [0.1, 0.15) is 30.4 Å². The highest BCUT2D eigenvalue weighted by Crippen LogP contribution is 2.65. The number of aliphatic hydroxyl groups is 2. The van der Waals surface area contributed by atoms with E-state index in [-0.39, 0.29) is 11.8 Å². The molecule has 4 aliphatic rings. The van der Waals surface area contributed by atoms with E-state index in [2.05, 4.69) is 11.5 Å². The number of nitrogens with zero attached hydrogens (tertiary/aromatic N) is 1. The fraction of sp³-hybridized carbons (Fsp3) is 0.579. The van der Waals surface area contributed by atoms with Crippen LogP contribution in [0, 0.1) is 0 Å². The molecular weight excluding hydrogens is 306 g/mol. The van der Waals surface area contributed by atoms with Gasteiger partial charge in [-0.3, -0.25) is 4.90 Å². The maximum atomic E-state index is 11.9. The normalized spacial score (nSPS) is 42.3. The fourth-order valence-electron chi connectivity index (χ4n) is 5.99. The molecule has 0 radical (unpaired) electrons. The predicted octanol–water partition coefficient (Wildman–Crippen LogP) is 1.09. The average Bonchev–Trinajstić information content (AvgIpc) is 2.91. The Kier molecular flexibility index (Phi) is 2.79. The SMILES string of the molecule is C=CCN1CC[C@]23c4c5ccc(O)c4OC2[C@H](O)CC[C@@]3(O)[C@H]1C5. The highest BCUT2D eigenvalue weighted by Gasteiger charge is 2.72. The van der Waals surface area contributed by atoms with E-state index in [9.17, 15) is 15.3 Å². The van der Waals surface area contributed by atoms with Gasteiger partial charge in [-0.2, -0.15) is 0 Å². The van der Waals surface area contributed by atoms with Crippen LogP contribution in [0.15, 0.2) is 24.8 Å². The Balaban J connectivity index is 1.78. The minimum Gasteiger partial charge on any atom is -0.504 e. The van der Waals surface area contributed by atoms with Gasteiger partial charge in [0.25, 0.3) is 0 Å². The van der Waals surface area contributed by atoms with Crippen molar-refractivity contribution >= 4 is 0 Å². The molecule has 1 saturated carbocycles. The quantitative estimate of drug-likeness (QED) is 0.709. The molecule has 2 fully saturated rings. The lowest BCUT2D eigenvalue weighted by Crippen LogP contribution is -2.77. The fourth-order valence-corrected chi connectivity index (χ4v) is 5.99. The van der Waals surface area contributed by atoms with Gasteiger partial charge in [-0.15, -0.1) is 6.58 Å². The third kappa shape index (κ3) is 1.43. The Morgan fingerprint density at radius 1 is 1.38 bits per heavy atom. The van der Waals surface area contributed by atoms with Gasteiger partial charge in [0, 0.05) is 18.2 Å². The van der Waals surface area contributed by atoms with E-state index in [1.807, 2.05) is 12.1 Å². The van der Waals surface area contributed by atoms with Gasteiger partial charge in [-0.25, -0.2) is 0 Å². The lowest BCUT2D eigenvalue weighted by atomic mass is 9.48. The molecule has 1 unspecified atom stereocenters. The summed E-state index contributed by atoms with van der Waals surface area (Å²) in [5, 5.41) is 32.8. The number of phenolic OH excluding ortho intramolecular Hbond substituents is 1. The molecule has 1 saturated heterocycles. The van der Waals surface area contributed by atoms with Crippen molar-refractivity contribution < 1.29 is 20.1 Å². The van der Waals surface area contributed by atoms with E-state index >= 15 is 0 Å². The first-order valence-corrected chi connectivity index (χ1v) is 8.80. The molecule has 5 heteroatoms. The van der Waals surface area contributed by atoms with Gasteiger partial charge >= 0.3 is 0 Å². The summed E-state index contributed by atoms with van der Waals surface area (Å²) in [5.74, 6) is 0.589. The van der Waals surface area contributed by atoms with E-state index in [1.54, 1.807) is 6.07 Å². The zero-order chi connectivity index (χ0) is 16.7. The number of phenols is 1. The van der Waals surface area contributed by atoms with Crippen molar-refractivity contribution in [3.63, 3.8) is 0 Å². The second-order valence-electron chi connectivity index (χ2n) is 7.74. The topological polar surface area (TPSA) is 73.2 Å². The second-order valence-corrected chi connectivity index (χ2v) is 7.74. The van der Waals surface area contributed by atoms with Crippen LogP contribution in [0.4, 0.5) is 0 Å². The predicted molar refractivity (Wildman–Crippen MR) is 88.3 cm³/mol. The molecule has 1 spiro atoms. The van der Waals surface area contributed by atoms with E-state index in [4.69, 9.17) is 4.74 Å². The number of likely N-dealkylation sites (tertiary alicyclic amines) is 1. The van der Waals surface area contributed by atoms with Crippen molar-refractivity contribution in [2.75, 3.05) is 13.1 Å². The molecule has 5 rings (SSSR count). The van der Waals surface area contributed by atoms with Gasteiger partial charge in [-0.1, -0.05) is 12.1 Å². The number of ether oxygens (including phenoxy) is 1. The first kappa shape index (κ1) is 14.8. The monoisotopic (exact) mass is 329 g/mol. The Hall–Kier alpha value is -1.56. The maximum absolute atomic E-state index is 11.9. The van der Waals surface area contributed by atoms with Crippen molar-refractivity contribution in [2.24, 2.45) is 0 Å². The summed E-state index contributed by atoms with van der Waals surface area (Å²) in [5.41, 5.74) is 0.518. The largest absolute Gasteiger partial charge is 0.504 e. The molecular formula is C19H23NO4. The molecule has 0 aromatic heterocycles. The Bertz CT molecular complexity index is 734. The van der Waals surface area contributed by atoms with Crippen LogP contribution in [0.3, 0.4) is 0 Å². The van der Waals surface area contributed by atoms with Gasteiger partial charge in [0.1, 0.15) is 6.10 Å². The van der Waals surface area contributed by atoms with E-state index < -0.39 is 23.2 Å². The highest BCUT2D eigenvalue weighted by molar-refractivity contribution is 5.62. The first-order valence-electron chi connectivity index (χ1n) is 8.80. The van der Waals surface area contributed by atoms with Gasteiger partial charge in [-0.05, 0) is 43.9 Å². The van der Waals surface area contributed by atoms with Crippen molar-refractivity contribution in [3.8, 4) is 11.5 Å².